The second-order valence-corrected chi connectivity index (χ2v) is 7.05. The SMILES string of the molecule is Cc1ccccc1-c1c(C)c2cc(CC(C)C)ccc2c[n+]1C. The Bertz CT molecular complexity index is 859. The Kier molecular flexibility index (Phi) is 4.21. The molecule has 0 spiro atoms. The van der Waals surface area contributed by atoms with Gasteiger partial charge in [0.1, 0.15) is 7.05 Å². The van der Waals surface area contributed by atoms with Gasteiger partial charge in [0.05, 0.1) is 0 Å². The second kappa shape index (κ2) is 6.16. The molecule has 1 aromatic heterocycles. The van der Waals surface area contributed by atoms with E-state index < -0.39 is 0 Å². The van der Waals surface area contributed by atoms with E-state index in [1.165, 1.54) is 38.7 Å². The zero-order chi connectivity index (χ0) is 16.6. The third kappa shape index (κ3) is 3.01. The van der Waals surface area contributed by atoms with E-state index in [-0.39, 0.29) is 0 Å². The molecule has 1 heterocycles. The lowest BCUT2D eigenvalue weighted by Gasteiger charge is -2.12. The van der Waals surface area contributed by atoms with Gasteiger partial charge in [0.15, 0.2) is 6.20 Å². The van der Waals surface area contributed by atoms with Gasteiger partial charge in [-0.05, 0) is 54.8 Å². The van der Waals surface area contributed by atoms with Crippen molar-refractivity contribution in [3.63, 3.8) is 0 Å². The van der Waals surface area contributed by atoms with Crippen LogP contribution in [0, 0.1) is 19.8 Å². The molecular formula is C22H26N+. The highest BCUT2D eigenvalue weighted by atomic mass is 14.9. The van der Waals surface area contributed by atoms with Crippen molar-refractivity contribution >= 4 is 10.8 Å². The number of aryl methyl sites for hydroxylation is 3. The van der Waals surface area contributed by atoms with Gasteiger partial charge in [0, 0.05) is 16.5 Å². The van der Waals surface area contributed by atoms with Gasteiger partial charge in [0.2, 0.25) is 5.69 Å². The van der Waals surface area contributed by atoms with Crippen LogP contribution in [0.25, 0.3) is 22.0 Å². The molecule has 0 aliphatic heterocycles. The summed E-state index contributed by atoms with van der Waals surface area (Å²) >= 11 is 0. The van der Waals surface area contributed by atoms with Crippen LogP contribution in [0.2, 0.25) is 0 Å². The summed E-state index contributed by atoms with van der Waals surface area (Å²) in [5.41, 5.74) is 6.76. The highest BCUT2D eigenvalue weighted by molar-refractivity contribution is 5.88. The minimum atomic E-state index is 0.684. The topological polar surface area (TPSA) is 3.88 Å². The fourth-order valence-electron chi connectivity index (χ4n) is 3.54. The molecule has 0 amide bonds. The molecule has 3 aromatic rings. The number of hydrogen-bond acceptors (Lipinski definition) is 0. The minimum Gasteiger partial charge on any atom is -0.200 e. The van der Waals surface area contributed by atoms with Crippen LogP contribution in [-0.4, -0.2) is 0 Å². The van der Waals surface area contributed by atoms with E-state index in [2.05, 4.69) is 88.0 Å². The van der Waals surface area contributed by atoms with Gasteiger partial charge < -0.3 is 0 Å². The van der Waals surface area contributed by atoms with Crippen molar-refractivity contribution < 1.29 is 4.57 Å². The number of benzene rings is 2. The van der Waals surface area contributed by atoms with Gasteiger partial charge in [-0.3, -0.25) is 0 Å². The third-order valence-electron chi connectivity index (χ3n) is 4.61. The van der Waals surface area contributed by atoms with Crippen LogP contribution in [0.4, 0.5) is 0 Å². The smallest absolute Gasteiger partial charge is 0.200 e. The summed E-state index contributed by atoms with van der Waals surface area (Å²) < 4.78 is 2.27. The molecule has 0 saturated carbocycles. The summed E-state index contributed by atoms with van der Waals surface area (Å²) in [6.07, 6.45) is 3.39. The Morgan fingerprint density at radius 1 is 1.00 bits per heavy atom. The predicted octanol–water partition coefficient (Wildman–Crippen LogP) is 5.15. The van der Waals surface area contributed by atoms with Crippen molar-refractivity contribution in [2.45, 2.75) is 34.1 Å². The number of hydrogen-bond donors (Lipinski definition) is 0. The maximum atomic E-state index is 2.38. The van der Waals surface area contributed by atoms with Crippen LogP contribution in [0.5, 0.6) is 0 Å². The number of nitrogens with zero attached hydrogens (tertiary/aromatic N) is 1. The fourth-order valence-corrected chi connectivity index (χ4v) is 3.54. The van der Waals surface area contributed by atoms with E-state index in [0.717, 1.165) is 6.42 Å². The van der Waals surface area contributed by atoms with Crippen LogP contribution >= 0.6 is 0 Å². The summed E-state index contributed by atoms with van der Waals surface area (Å²) in [5, 5.41) is 2.69. The van der Waals surface area contributed by atoms with E-state index in [0.29, 0.717) is 5.92 Å². The summed E-state index contributed by atoms with van der Waals surface area (Å²) in [5.74, 6) is 0.684. The first-order valence-electron chi connectivity index (χ1n) is 8.45. The maximum Gasteiger partial charge on any atom is 0.216 e. The molecule has 0 unspecified atom stereocenters. The van der Waals surface area contributed by atoms with E-state index in [9.17, 15) is 0 Å². The highest BCUT2D eigenvalue weighted by Gasteiger charge is 2.18. The van der Waals surface area contributed by atoms with Gasteiger partial charge >= 0.3 is 0 Å². The van der Waals surface area contributed by atoms with Crippen molar-refractivity contribution in [1.82, 2.24) is 0 Å². The molecule has 3 rings (SSSR count). The first-order valence-corrected chi connectivity index (χ1v) is 8.45. The van der Waals surface area contributed by atoms with Gasteiger partial charge in [-0.25, -0.2) is 4.57 Å². The maximum absolute atomic E-state index is 2.38. The molecule has 0 aliphatic carbocycles. The monoisotopic (exact) mass is 304 g/mol. The number of aromatic nitrogens is 1. The number of rotatable bonds is 3. The molecular weight excluding hydrogens is 278 g/mol. The summed E-state index contributed by atoms with van der Waals surface area (Å²) in [6.45, 7) is 9.00. The molecule has 0 radical (unpaired) electrons. The average molecular weight is 304 g/mol. The molecule has 118 valence electrons. The molecule has 0 saturated heterocycles. The molecule has 0 N–H and O–H groups in total. The Hall–Kier alpha value is -2.15. The van der Waals surface area contributed by atoms with Crippen LogP contribution < -0.4 is 4.57 Å². The first-order chi connectivity index (χ1) is 11.0. The zero-order valence-corrected chi connectivity index (χ0v) is 14.9. The molecule has 0 bridgehead atoms. The Balaban J connectivity index is 2.25. The third-order valence-corrected chi connectivity index (χ3v) is 4.61. The summed E-state index contributed by atoms with van der Waals surface area (Å²) in [4.78, 5) is 0. The molecule has 1 nitrogen and oxygen atoms in total. The quantitative estimate of drug-likeness (QED) is 0.589. The summed E-state index contributed by atoms with van der Waals surface area (Å²) in [7, 11) is 2.15. The standard InChI is InChI=1S/C22H26N/c1-15(2)12-18-10-11-19-14-23(5)22(17(4)21(19)13-18)20-9-7-6-8-16(20)3/h6-11,13-15H,12H2,1-5H3/q+1. The van der Waals surface area contributed by atoms with Crippen molar-refractivity contribution in [3.8, 4) is 11.3 Å². The van der Waals surface area contributed by atoms with Crippen molar-refractivity contribution in [2.24, 2.45) is 13.0 Å². The fraction of sp³-hybridized carbons (Fsp3) is 0.318. The Morgan fingerprint density at radius 3 is 2.43 bits per heavy atom. The molecule has 0 atom stereocenters. The van der Waals surface area contributed by atoms with Gasteiger partial charge in [-0.1, -0.05) is 44.2 Å². The molecule has 1 heteroatoms. The lowest BCUT2D eigenvalue weighted by atomic mass is 9.94. The van der Waals surface area contributed by atoms with Crippen LogP contribution in [0.15, 0.2) is 48.7 Å². The van der Waals surface area contributed by atoms with Crippen LogP contribution in [-0.2, 0) is 13.5 Å². The van der Waals surface area contributed by atoms with Gasteiger partial charge in [0.25, 0.3) is 0 Å². The zero-order valence-electron chi connectivity index (χ0n) is 14.9. The van der Waals surface area contributed by atoms with Crippen molar-refractivity contribution in [2.75, 3.05) is 0 Å². The van der Waals surface area contributed by atoms with Crippen LogP contribution in [0.1, 0.15) is 30.5 Å². The van der Waals surface area contributed by atoms with E-state index in [4.69, 9.17) is 0 Å². The lowest BCUT2D eigenvalue weighted by Crippen LogP contribution is -2.32. The Morgan fingerprint density at radius 2 is 1.74 bits per heavy atom. The van der Waals surface area contributed by atoms with Crippen molar-refractivity contribution in [3.05, 3.63) is 65.4 Å². The second-order valence-electron chi connectivity index (χ2n) is 7.05. The Labute approximate surface area is 139 Å². The lowest BCUT2D eigenvalue weighted by molar-refractivity contribution is -0.659. The van der Waals surface area contributed by atoms with Gasteiger partial charge in [-0.15, -0.1) is 0 Å². The predicted molar refractivity (Wildman–Crippen MR) is 98.6 cm³/mol. The van der Waals surface area contributed by atoms with Gasteiger partial charge in [-0.2, -0.15) is 0 Å². The van der Waals surface area contributed by atoms with E-state index >= 15 is 0 Å². The minimum absolute atomic E-state index is 0.684. The van der Waals surface area contributed by atoms with Crippen molar-refractivity contribution in [1.29, 1.82) is 0 Å². The molecule has 0 aliphatic rings. The number of pyridine rings is 1. The molecule has 0 fully saturated rings. The van der Waals surface area contributed by atoms with E-state index in [1.54, 1.807) is 0 Å². The average Bonchev–Trinajstić information content (AvgIpc) is 2.49. The highest BCUT2D eigenvalue weighted by Crippen LogP contribution is 2.29. The normalized spacial score (nSPS) is 11.4. The summed E-state index contributed by atoms with van der Waals surface area (Å²) in [6, 6.07) is 15.6. The first kappa shape index (κ1) is 15.7. The molecule has 23 heavy (non-hydrogen) atoms. The van der Waals surface area contributed by atoms with Crippen LogP contribution in [0.3, 0.4) is 0 Å². The van der Waals surface area contributed by atoms with E-state index in [1.807, 2.05) is 0 Å². The molecule has 2 aromatic carbocycles. The number of fused-ring (bicyclic) bond motifs is 1. The largest absolute Gasteiger partial charge is 0.216 e.